The van der Waals surface area contributed by atoms with Crippen LogP contribution in [0.1, 0.15) is 12.1 Å². The van der Waals surface area contributed by atoms with E-state index in [2.05, 4.69) is 20.2 Å². The number of anilines is 1. The Labute approximate surface area is 188 Å². The second-order valence-corrected chi connectivity index (χ2v) is 9.79. The Bertz CT molecular complexity index is 1380. The number of hydrogen-bond acceptors (Lipinski definition) is 9. The lowest BCUT2D eigenvalue weighted by molar-refractivity contribution is 0.441. The first-order valence-corrected chi connectivity index (χ1v) is 12.1. The number of aromatic nitrogens is 4. The smallest absolute Gasteiger partial charge is 0.270 e. The van der Waals surface area contributed by atoms with E-state index in [0.717, 1.165) is 11.1 Å². The summed E-state index contributed by atoms with van der Waals surface area (Å²) >= 11 is 1.36. The monoisotopic (exact) mass is 466 g/mol. The van der Waals surface area contributed by atoms with Gasteiger partial charge in [-0.3, -0.25) is 0 Å². The van der Waals surface area contributed by atoms with Gasteiger partial charge in [-0.1, -0.05) is 24.3 Å². The van der Waals surface area contributed by atoms with Gasteiger partial charge < -0.3 is 10.2 Å². The molecule has 1 aliphatic heterocycles. The second kappa shape index (κ2) is 8.26. The molecule has 0 aliphatic carbocycles. The van der Waals surface area contributed by atoms with Crippen LogP contribution >= 0.6 is 11.3 Å². The zero-order chi connectivity index (χ0) is 22.1. The molecular weight excluding hydrogens is 448 g/mol. The third-order valence-electron chi connectivity index (χ3n) is 5.08. The minimum atomic E-state index is -3.50. The van der Waals surface area contributed by atoms with Crippen molar-refractivity contribution in [1.82, 2.24) is 24.5 Å². The van der Waals surface area contributed by atoms with Gasteiger partial charge in [-0.05, 0) is 35.6 Å². The van der Waals surface area contributed by atoms with E-state index < -0.39 is 10.0 Å². The van der Waals surface area contributed by atoms with E-state index in [4.69, 9.17) is 10.2 Å². The van der Waals surface area contributed by atoms with Crippen LogP contribution in [0.15, 0.2) is 68.7 Å². The summed E-state index contributed by atoms with van der Waals surface area (Å²) in [6.45, 7) is 0.609. The molecule has 3 aromatic heterocycles. The van der Waals surface area contributed by atoms with Crippen molar-refractivity contribution in [1.29, 1.82) is 0 Å². The molecule has 0 saturated carbocycles. The predicted molar refractivity (Wildman–Crippen MR) is 121 cm³/mol. The van der Waals surface area contributed by atoms with Gasteiger partial charge in [0.1, 0.15) is 0 Å². The summed E-state index contributed by atoms with van der Waals surface area (Å²) in [4.78, 5) is 9.15. The maximum atomic E-state index is 12.7. The lowest BCUT2D eigenvalue weighted by atomic mass is 10.1. The van der Waals surface area contributed by atoms with Gasteiger partial charge in [-0.25, -0.2) is 18.4 Å². The fourth-order valence-electron chi connectivity index (χ4n) is 3.38. The summed E-state index contributed by atoms with van der Waals surface area (Å²) in [7, 11) is -3.50. The number of nitrogens with zero attached hydrogens (tertiary/aromatic N) is 5. The van der Waals surface area contributed by atoms with Crippen LogP contribution in [0.4, 0.5) is 5.82 Å². The van der Waals surface area contributed by atoms with Crippen LogP contribution in [0.2, 0.25) is 0 Å². The van der Waals surface area contributed by atoms with E-state index in [0.29, 0.717) is 35.1 Å². The normalized spacial score (nSPS) is 14.9. The largest absolute Gasteiger partial charge is 0.414 e. The molecule has 0 unspecified atom stereocenters. The highest BCUT2D eigenvalue weighted by molar-refractivity contribution is 7.89. The highest BCUT2D eigenvalue weighted by atomic mass is 32.2. The van der Waals surface area contributed by atoms with Crippen molar-refractivity contribution in [2.75, 3.05) is 18.8 Å². The number of hydrogen-bond donors (Lipinski definition) is 1. The Morgan fingerprint density at radius 1 is 1.09 bits per heavy atom. The molecule has 0 amide bonds. The Morgan fingerprint density at radius 3 is 2.62 bits per heavy atom. The van der Waals surface area contributed by atoms with Gasteiger partial charge >= 0.3 is 0 Å². The van der Waals surface area contributed by atoms with Crippen molar-refractivity contribution in [2.24, 2.45) is 0 Å². The highest BCUT2D eigenvalue weighted by Gasteiger charge is 2.27. The number of sulfonamides is 1. The van der Waals surface area contributed by atoms with Crippen LogP contribution in [0, 0.1) is 0 Å². The molecule has 0 atom stereocenters. The standard InChI is InChI=1S/C21H18N6O3S2/c22-19-18(21-26-25-20(30-21)15-4-2-1-3-5-15)24-17(12-23-19)14-6-9-27(10-7-14)32(28,29)16-8-11-31-13-16/h1-6,8,11-13H,7,9-10H2,(H2,22,23). The van der Waals surface area contributed by atoms with E-state index in [-0.39, 0.29) is 18.3 Å². The molecule has 1 aliphatic rings. The first-order valence-electron chi connectivity index (χ1n) is 9.76. The van der Waals surface area contributed by atoms with E-state index in [1.165, 1.54) is 15.6 Å². The number of benzene rings is 1. The van der Waals surface area contributed by atoms with Crippen molar-refractivity contribution in [3.8, 4) is 23.0 Å². The molecule has 2 N–H and O–H groups in total. The van der Waals surface area contributed by atoms with E-state index in [1.54, 1.807) is 23.0 Å². The minimum Gasteiger partial charge on any atom is -0.414 e. The van der Waals surface area contributed by atoms with Crippen LogP contribution in [0.3, 0.4) is 0 Å². The van der Waals surface area contributed by atoms with E-state index in [1.807, 2.05) is 36.4 Å². The molecule has 4 heterocycles. The fourth-order valence-corrected chi connectivity index (χ4v) is 5.77. The van der Waals surface area contributed by atoms with Crippen LogP contribution in [-0.2, 0) is 10.0 Å². The van der Waals surface area contributed by atoms with E-state index in [9.17, 15) is 8.42 Å². The molecule has 0 spiro atoms. The van der Waals surface area contributed by atoms with Gasteiger partial charge in [0.2, 0.25) is 15.9 Å². The van der Waals surface area contributed by atoms with Crippen molar-refractivity contribution in [3.05, 3.63) is 65.1 Å². The minimum absolute atomic E-state index is 0.175. The molecule has 1 aromatic carbocycles. The maximum Gasteiger partial charge on any atom is 0.270 e. The van der Waals surface area contributed by atoms with Crippen LogP contribution in [-0.4, -0.2) is 46.0 Å². The van der Waals surface area contributed by atoms with Gasteiger partial charge in [0.25, 0.3) is 5.89 Å². The van der Waals surface area contributed by atoms with Crippen LogP contribution < -0.4 is 5.73 Å². The highest BCUT2D eigenvalue weighted by Crippen LogP contribution is 2.29. The number of thiophene rings is 1. The average molecular weight is 467 g/mol. The van der Waals surface area contributed by atoms with Gasteiger partial charge in [0.05, 0.1) is 16.8 Å². The predicted octanol–water partition coefficient (Wildman–Crippen LogP) is 3.32. The maximum absolute atomic E-state index is 12.7. The average Bonchev–Trinajstić information content (AvgIpc) is 3.53. The van der Waals surface area contributed by atoms with Gasteiger partial charge in [-0.2, -0.15) is 15.6 Å². The van der Waals surface area contributed by atoms with Crippen molar-refractivity contribution >= 4 is 32.8 Å². The molecule has 32 heavy (non-hydrogen) atoms. The molecule has 5 rings (SSSR count). The lowest BCUT2D eigenvalue weighted by Gasteiger charge is -2.25. The quantitative estimate of drug-likeness (QED) is 0.474. The fraction of sp³-hybridized carbons (Fsp3) is 0.143. The van der Waals surface area contributed by atoms with Crippen molar-refractivity contribution in [2.45, 2.75) is 11.3 Å². The molecule has 162 valence electrons. The number of nitrogen functional groups attached to an aromatic ring is 1. The van der Waals surface area contributed by atoms with E-state index >= 15 is 0 Å². The van der Waals surface area contributed by atoms with Crippen molar-refractivity contribution in [3.63, 3.8) is 0 Å². The molecule has 0 saturated heterocycles. The Morgan fingerprint density at radius 2 is 1.91 bits per heavy atom. The summed E-state index contributed by atoms with van der Waals surface area (Å²) < 4.78 is 32.7. The third kappa shape index (κ3) is 3.81. The topological polar surface area (TPSA) is 128 Å². The SMILES string of the molecule is Nc1ncc(C2=CCN(S(=O)(=O)c3ccsc3)CC2)nc1-c1nnc(-c2ccccc2)o1. The Kier molecular flexibility index (Phi) is 5.29. The first kappa shape index (κ1) is 20.5. The van der Waals surface area contributed by atoms with Gasteiger partial charge in [0, 0.05) is 24.0 Å². The summed E-state index contributed by atoms with van der Waals surface area (Å²) in [6.07, 6.45) is 3.92. The number of nitrogens with two attached hydrogens (primary N) is 1. The zero-order valence-electron chi connectivity index (χ0n) is 16.7. The number of rotatable bonds is 5. The molecular formula is C21H18N6O3S2. The summed E-state index contributed by atoms with van der Waals surface area (Å²) in [5.41, 5.74) is 8.60. The molecule has 9 nitrogen and oxygen atoms in total. The van der Waals surface area contributed by atoms with Gasteiger partial charge in [0.15, 0.2) is 11.5 Å². The van der Waals surface area contributed by atoms with Crippen LogP contribution in [0.25, 0.3) is 28.6 Å². The molecule has 0 bridgehead atoms. The molecule has 0 radical (unpaired) electrons. The Balaban J connectivity index is 1.40. The first-order chi connectivity index (χ1) is 15.5. The third-order valence-corrected chi connectivity index (χ3v) is 7.78. The second-order valence-electron chi connectivity index (χ2n) is 7.07. The zero-order valence-corrected chi connectivity index (χ0v) is 18.4. The van der Waals surface area contributed by atoms with Crippen molar-refractivity contribution < 1.29 is 12.8 Å². The van der Waals surface area contributed by atoms with Crippen LogP contribution in [0.5, 0.6) is 0 Å². The molecule has 0 fully saturated rings. The summed E-state index contributed by atoms with van der Waals surface area (Å²) in [5, 5.41) is 11.6. The lowest BCUT2D eigenvalue weighted by Crippen LogP contribution is -2.34. The molecule has 11 heteroatoms. The summed E-state index contributed by atoms with van der Waals surface area (Å²) in [5.74, 6) is 0.710. The van der Waals surface area contributed by atoms with Gasteiger partial charge in [-0.15, -0.1) is 10.2 Å². The molecule has 4 aromatic rings. The summed E-state index contributed by atoms with van der Waals surface area (Å²) in [6, 6.07) is 11.0. The Hall–Kier alpha value is -3.41.